The highest BCUT2D eigenvalue weighted by molar-refractivity contribution is 8.21. The molecule has 0 unspecified atom stereocenters. The summed E-state index contributed by atoms with van der Waals surface area (Å²) in [4.78, 5) is 12.0. The lowest BCUT2D eigenvalue weighted by Crippen LogP contribution is -2.09. The van der Waals surface area contributed by atoms with Gasteiger partial charge in [-0.05, 0) is 27.7 Å². The van der Waals surface area contributed by atoms with Crippen molar-refractivity contribution >= 4 is 27.6 Å². The predicted molar refractivity (Wildman–Crippen MR) is 56.3 cm³/mol. The first-order chi connectivity index (χ1) is 6.72. The standard InChI is InChI=1S/C9H8ClNO2S/c1-3-4-11-6-7(14-10)5-8(11)9(12)13-2/h1,5-6H,4H2,2H3. The second kappa shape index (κ2) is 4.99. The summed E-state index contributed by atoms with van der Waals surface area (Å²) in [5, 5.41) is 0. The Hall–Kier alpha value is -1.05. The topological polar surface area (TPSA) is 31.2 Å². The number of ether oxygens (including phenoxy) is 1. The molecule has 14 heavy (non-hydrogen) atoms. The van der Waals surface area contributed by atoms with E-state index in [2.05, 4.69) is 10.7 Å². The molecule has 5 heteroatoms. The fourth-order valence-electron chi connectivity index (χ4n) is 1.03. The van der Waals surface area contributed by atoms with E-state index in [1.807, 2.05) is 0 Å². The summed E-state index contributed by atoms with van der Waals surface area (Å²) in [7, 11) is 7.91. The molecule has 1 aromatic heterocycles. The Kier molecular flexibility index (Phi) is 3.93. The maximum atomic E-state index is 11.3. The summed E-state index contributed by atoms with van der Waals surface area (Å²) in [5.41, 5.74) is 0.411. The smallest absolute Gasteiger partial charge is 0.354 e. The van der Waals surface area contributed by atoms with E-state index in [1.54, 1.807) is 16.8 Å². The van der Waals surface area contributed by atoms with Crippen LogP contribution in [0.4, 0.5) is 0 Å². The van der Waals surface area contributed by atoms with Crippen LogP contribution in [0.25, 0.3) is 0 Å². The van der Waals surface area contributed by atoms with E-state index in [4.69, 9.17) is 17.1 Å². The monoisotopic (exact) mass is 229 g/mol. The fourth-order valence-corrected chi connectivity index (χ4v) is 1.61. The maximum absolute atomic E-state index is 11.3. The molecule has 0 aliphatic carbocycles. The van der Waals surface area contributed by atoms with Gasteiger partial charge < -0.3 is 9.30 Å². The number of carbonyl (C=O) groups is 1. The van der Waals surface area contributed by atoms with E-state index in [0.29, 0.717) is 12.2 Å². The van der Waals surface area contributed by atoms with Crippen molar-refractivity contribution in [1.29, 1.82) is 0 Å². The summed E-state index contributed by atoms with van der Waals surface area (Å²) in [6.07, 6.45) is 6.87. The lowest BCUT2D eigenvalue weighted by atomic mass is 10.4. The number of hydrogen-bond donors (Lipinski definition) is 0. The van der Waals surface area contributed by atoms with E-state index >= 15 is 0 Å². The third-order valence-electron chi connectivity index (χ3n) is 1.62. The van der Waals surface area contributed by atoms with E-state index in [-0.39, 0.29) is 0 Å². The van der Waals surface area contributed by atoms with Crippen molar-refractivity contribution < 1.29 is 9.53 Å². The summed E-state index contributed by atoms with van der Waals surface area (Å²) in [6, 6.07) is 1.64. The SMILES string of the molecule is C#CCn1cc(SCl)cc1C(=O)OC. The fraction of sp³-hybridized carbons (Fsp3) is 0.222. The van der Waals surface area contributed by atoms with Crippen LogP contribution in [0.15, 0.2) is 17.2 Å². The zero-order chi connectivity index (χ0) is 10.6. The average Bonchev–Trinajstić information content (AvgIpc) is 2.61. The van der Waals surface area contributed by atoms with Crippen LogP contribution in [0.3, 0.4) is 0 Å². The van der Waals surface area contributed by atoms with Gasteiger partial charge in [-0.15, -0.1) is 6.42 Å². The zero-order valence-electron chi connectivity index (χ0n) is 7.49. The van der Waals surface area contributed by atoms with E-state index in [0.717, 1.165) is 15.9 Å². The number of carbonyl (C=O) groups excluding carboxylic acids is 1. The quantitative estimate of drug-likeness (QED) is 0.588. The molecule has 74 valence electrons. The average molecular weight is 230 g/mol. The minimum Gasteiger partial charge on any atom is -0.464 e. The Morgan fingerprint density at radius 2 is 2.57 bits per heavy atom. The largest absolute Gasteiger partial charge is 0.464 e. The Labute approximate surface area is 90.9 Å². The van der Waals surface area contributed by atoms with E-state index < -0.39 is 5.97 Å². The molecule has 0 N–H and O–H groups in total. The summed E-state index contributed by atoms with van der Waals surface area (Å²) in [6.45, 7) is 0.321. The van der Waals surface area contributed by atoms with Crippen LogP contribution in [-0.2, 0) is 11.3 Å². The highest BCUT2D eigenvalue weighted by Gasteiger charge is 2.13. The van der Waals surface area contributed by atoms with Gasteiger partial charge in [-0.3, -0.25) is 0 Å². The Morgan fingerprint density at radius 3 is 3.07 bits per heavy atom. The second-order valence-corrected chi connectivity index (χ2v) is 3.55. The van der Waals surface area contributed by atoms with Crippen molar-refractivity contribution in [3.8, 4) is 12.3 Å². The van der Waals surface area contributed by atoms with Crippen molar-refractivity contribution in [2.45, 2.75) is 11.4 Å². The Bertz CT molecular complexity index is 381. The van der Waals surface area contributed by atoms with Gasteiger partial charge >= 0.3 is 5.97 Å². The molecule has 0 fully saturated rings. The molecule has 1 aromatic rings. The lowest BCUT2D eigenvalue weighted by molar-refractivity contribution is 0.0589. The molecule has 0 saturated heterocycles. The van der Waals surface area contributed by atoms with Crippen molar-refractivity contribution in [3.05, 3.63) is 18.0 Å². The van der Waals surface area contributed by atoms with Gasteiger partial charge in [-0.25, -0.2) is 4.79 Å². The first-order valence-corrected chi connectivity index (χ1v) is 5.37. The van der Waals surface area contributed by atoms with Crippen molar-refractivity contribution in [3.63, 3.8) is 0 Å². The molecule has 3 nitrogen and oxygen atoms in total. The Morgan fingerprint density at radius 1 is 1.86 bits per heavy atom. The predicted octanol–water partition coefficient (Wildman–Crippen LogP) is 2.15. The van der Waals surface area contributed by atoms with Gasteiger partial charge in [0.25, 0.3) is 0 Å². The number of hydrogen-bond acceptors (Lipinski definition) is 3. The first-order valence-electron chi connectivity index (χ1n) is 3.73. The highest BCUT2D eigenvalue weighted by Crippen LogP contribution is 2.24. The summed E-state index contributed by atoms with van der Waals surface area (Å²) >= 11 is 0. The van der Waals surface area contributed by atoms with Crippen LogP contribution in [-0.4, -0.2) is 17.6 Å². The highest BCUT2D eigenvalue weighted by atomic mass is 35.7. The van der Waals surface area contributed by atoms with Gasteiger partial charge in [0.2, 0.25) is 0 Å². The second-order valence-electron chi connectivity index (χ2n) is 2.46. The molecule has 0 atom stereocenters. The van der Waals surface area contributed by atoms with Crippen LogP contribution < -0.4 is 0 Å². The molecule has 0 radical (unpaired) electrons. The molecule has 0 aliphatic rings. The third-order valence-corrected chi connectivity index (χ3v) is 2.55. The van der Waals surface area contributed by atoms with Crippen LogP contribution in [0.2, 0.25) is 0 Å². The number of nitrogens with zero attached hydrogens (tertiary/aromatic N) is 1. The van der Waals surface area contributed by atoms with Crippen LogP contribution in [0.5, 0.6) is 0 Å². The molecule has 0 aromatic carbocycles. The number of terminal acetylenes is 1. The summed E-state index contributed by atoms with van der Waals surface area (Å²) < 4.78 is 6.22. The normalized spacial score (nSPS) is 9.50. The molecular formula is C9H8ClNO2S. The minimum absolute atomic E-state index is 0.321. The zero-order valence-corrected chi connectivity index (χ0v) is 9.06. The number of rotatable bonds is 3. The molecular weight excluding hydrogens is 222 g/mol. The first kappa shape index (κ1) is 11.0. The van der Waals surface area contributed by atoms with Crippen LogP contribution >= 0.6 is 21.7 Å². The number of esters is 1. The number of methoxy groups -OCH3 is 1. The maximum Gasteiger partial charge on any atom is 0.354 e. The van der Waals surface area contributed by atoms with Gasteiger partial charge in [-0.2, -0.15) is 0 Å². The van der Waals surface area contributed by atoms with Crippen molar-refractivity contribution in [2.75, 3.05) is 7.11 Å². The third kappa shape index (κ3) is 2.25. The van der Waals surface area contributed by atoms with E-state index in [9.17, 15) is 4.79 Å². The number of aromatic nitrogens is 1. The molecule has 1 rings (SSSR count). The molecule has 0 amide bonds. The van der Waals surface area contributed by atoms with Gasteiger partial charge in [0.15, 0.2) is 0 Å². The van der Waals surface area contributed by atoms with Crippen molar-refractivity contribution in [1.82, 2.24) is 4.57 Å². The van der Waals surface area contributed by atoms with Gasteiger partial charge in [0, 0.05) is 11.1 Å². The molecule has 0 aliphatic heterocycles. The van der Waals surface area contributed by atoms with E-state index in [1.165, 1.54) is 7.11 Å². The Balaban J connectivity index is 3.06. The van der Waals surface area contributed by atoms with Crippen LogP contribution in [0.1, 0.15) is 10.5 Å². The molecule has 0 bridgehead atoms. The molecule has 0 saturated carbocycles. The minimum atomic E-state index is -0.419. The number of halogens is 1. The van der Waals surface area contributed by atoms with Gasteiger partial charge in [0.1, 0.15) is 5.69 Å². The lowest BCUT2D eigenvalue weighted by Gasteiger charge is -2.01. The molecule has 1 heterocycles. The van der Waals surface area contributed by atoms with Crippen LogP contribution in [0, 0.1) is 12.3 Å². The summed E-state index contributed by atoms with van der Waals surface area (Å²) in [5.74, 6) is 2.02. The van der Waals surface area contributed by atoms with Crippen molar-refractivity contribution in [2.24, 2.45) is 0 Å². The van der Waals surface area contributed by atoms with Gasteiger partial charge in [0.05, 0.1) is 13.7 Å². The van der Waals surface area contributed by atoms with Gasteiger partial charge in [-0.1, -0.05) is 5.92 Å². The molecule has 0 spiro atoms.